The van der Waals surface area contributed by atoms with Crippen molar-refractivity contribution in [3.8, 4) is 0 Å². The molecule has 1 aromatic rings. The van der Waals surface area contributed by atoms with Gasteiger partial charge in [-0.3, -0.25) is 0 Å². The standard InChI is InChI=1S/C10H12O2S/c1-8(12)10(7-11)13-9-5-3-2-4-6-9/h2-8,10,12H,1H3/t8-,10+/m0/s1. The number of carbonyl (C=O) groups excluding carboxylic acids is 1. The minimum atomic E-state index is -0.609. The van der Waals surface area contributed by atoms with E-state index >= 15 is 0 Å². The maximum absolute atomic E-state index is 10.6. The van der Waals surface area contributed by atoms with E-state index < -0.39 is 6.10 Å². The predicted molar refractivity (Wildman–Crippen MR) is 53.8 cm³/mol. The largest absolute Gasteiger partial charge is 0.392 e. The molecule has 0 heterocycles. The molecule has 0 saturated heterocycles. The molecule has 0 aromatic heterocycles. The lowest BCUT2D eigenvalue weighted by Gasteiger charge is -2.12. The Bertz CT molecular complexity index is 259. The summed E-state index contributed by atoms with van der Waals surface area (Å²) in [6.07, 6.45) is 0.171. The van der Waals surface area contributed by atoms with Gasteiger partial charge in [0.05, 0.1) is 11.4 Å². The van der Waals surface area contributed by atoms with E-state index in [1.807, 2.05) is 30.3 Å². The fraction of sp³-hybridized carbons (Fsp3) is 0.300. The van der Waals surface area contributed by atoms with Crippen molar-refractivity contribution in [1.29, 1.82) is 0 Å². The summed E-state index contributed by atoms with van der Waals surface area (Å²) in [5, 5.41) is 8.85. The fourth-order valence-corrected chi connectivity index (χ4v) is 1.78. The van der Waals surface area contributed by atoms with Crippen LogP contribution in [0.25, 0.3) is 0 Å². The lowest BCUT2D eigenvalue weighted by atomic mass is 10.3. The average Bonchev–Trinajstić information content (AvgIpc) is 2.15. The maximum Gasteiger partial charge on any atom is 0.135 e. The van der Waals surface area contributed by atoms with Gasteiger partial charge in [0.15, 0.2) is 0 Å². The number of hydrogen-bond donors (Lipinski definition) is 1. The highest BCUT2D eigenvalue weighted by Crippen LogP contribution is 2.23. The van der Waals surface area contributed by atoms with Crippen LogP contribution in [-0.4, -0.2) is 22.7 Å². The van der Waals surface area contributed by atoms with Crippen LogP contribution in [0.4, 0.5) is 0 Å². The van der Waals surface area contributed by atoms with Crippen molar-refractivity contribution in [3.05, 3.63) is 30.3 Å². The molecule has 0 saturated carbocycles. The number of rotatable bonds is 4. The van der Waals surface area contributed by atoms with Crippen LogP contribution in [0.1, 0.15) is 6.92 Å². The summed E-state index contributed by atoms with van der Waals surface area (Å²) in [5.74, 6) is 0. The van der Waals surface area contributed by atoms with Crippen LogP contribution in [0, 0.1) is 0 Å². The first-order valence-electron chi connectivity index (χ1n) is 4.09. The zero-order chi connectivity index (χ0) is 9.68. The lowest BCUT2D eigenvalue weighted by molar-refractivity contribution is -0.108. The second-order valence-electron chi connectivity index (χ2n) is 2.77. The molecular weight excluding hydrogens is 184 g/mol. The smallest absolute Gasteiger partial charge is 0.135 e. The molecule has 0 unspecified atom stereocenters. The molecule has 2 atom stereocenters. The topological polar surface area (TPSA) is 37.3 Å². The molecule has 3 heteroatoms. The first-order chi connectivity index (χ1) is 6.24. The second kappa shape index (κ2) is 5.04. The van der Waals surface area contributed by atoms with Gasteiger partial charge in [0.1, 0.15) is 6.29 Å². The van der Waals surface area contributed by atoms with Crippen LogP contribution in [0.15, 0.2) is 35.2 Å². The molecule has 0 bridgehead atoms. The van der Waals surface area contributed by atoms with Gasteiger partial charge in [-0.15, -0.1) is 11.8 Å². The fourth-order valence-electron chi connectivity index (χ4n) is 0.896. The van der Waals surface area contributed by atoms with Gasteiger partial charge in [0, 0.05) is 4.90 Å². The number of thioether (sulfide) groups is 1. The van der Waals surface area contributed by atoms with Gasteiger partial charge >= 0.3 is 0 Å². The molecule has 1 N–H and O–H groups in total. The molecule has 13 heavy (non-hydrogen) atoms. The molecule has 1 aromatic carbocycles. The van der Waals surface area contributed by atoms with E-state index in [0.717, 1.165) is 11.2 Å². The third-order valence-corrected chi connectivity index (χ3v) is 2.95. The Labute approximate surface area is 82.0 Å². The summed E-state index contributed by atoms with van der Waals surface area (Å²) in [7, 11) is 0. The van der Waals surface area contributed by atoms with Crippen LogP contribution in [0.2, 0.25) is 0 Å². The third-order valence-electron chi connectivity index (χ3n) is 1.62. The molecule has 0 fully saturated rings. The summed E-state index contributed by atoms with van der Waals surface area (Å²) in [6, 6.07) is 9.58. The molecule has 0 aliphatic carbocycles. The highest BCUT2D eigenvalue weighted by molar-refractivity contribution is 8.00. The van der Waals surface area contributed by atoms with Gasteiger partial charge in [-0.25, -0.2) is 0 Å². The summed E-state index contributed by atoms with van der Waals surface area (Å²) >= 11 is 1.38. The Morgan fingerprint density at radius 3 is 2.46 bits per heavy atom. The van der Waals surface area contributed by atoms with E-state index in [1.165, 1.54) is 11.8 Å². The Kier molecular flexibility index (Phi) is 3.99. The minimum absolute atomic E-state index is 0.373. The molecule has 0 amide bonds. The van der Waals surface area contributed by atoms with E-state index in [2.05, 4.69) is 0 Å². The van der Waals surface area contributed by atoms with E-state index in [0.29, 0.717) is 0 Å². The van der Waals surface area contributed by atoms with Crippen molar-refractivity contribution in [2.24, 2.45) is 0 Å². The molecular formula is C10H12O2S. The van der Waals surface area contributed by atoms with E-state index in [9.17, 15) is 9.90 Å². The Morgan fingerprint density at radius 2 is 2.00 bits per heavy atom. The van der Waals surface area contributed by atoms with Crippen molar-refractivity contribution >= 4 is 18.0 Å². The van der Waals surface area contributed by atoms with E-state index in [1.54, 1.807) is 6.92 Å². The zero-order valence-electron chi connectivity index (χ0n) is 7.38. The van der Waals surface area contributed by atoms with E-state index in [-0.39, 0.29) is 5.25 Å². The van der Waals surface area contributed by atoms with Gasteiger partial charge in [0.2, 0.25) is 0 Å². The van der Waals surface area contributed by atoms with Crippen LogP contribution in [0.3, 0.4) is 0 Å². The summed E-state index contributed by atoms with van der Waals surface area (Å²) in [4.78, 5) is 11.6. The van der Waals surface area contributed by atoms with Gasteiger partial charge in [-0.2, -0.15) is 0 Å². The number of hydrogen-bond acceptors (Lipinski definition) is 3. The number of aliphatic hydroxyl groups excluding tert-OH is 1. The minimum Gasteiger partial charge on any atom is -0.392 e. The number of carbonyl (C=O) groups is 1. The first kappa shape index (κ1) is 10.3. The van der Waals surface area contributed by atoms with Crippen molar-refractivity contribution in [1.82, 2.24) is 0 Å². The summed E-state index contributed by atoms with van der Waals surface area (Å²) < 4.78 is 0. The third kappa shape index (κ3) is 3.20. The second-order valence-corrected chi connectivity index (χ2v) is 4.02. The van der Waals surface area contributed by atoms with Crippen LogP contribution in [-0.2, 0) is 4.79 Å². The van der Waals surface area contributed by atoms with Gasteiger partial charge in [-0.1, -0.05) is 18.2 Å². The molecule has 0 radical (unpaired) electrons. The average molecular weight is 196 g/mol. The predicted octanol–water partition coefficient (Wildman–Crippen LogP) is 1.73. The van der Waals surface area contributed by atoms with E-state index in [4.69, 9.17) is 0 Å². The number of benzene rings is 1. The Balaban J connectivity index is 2.62. The Morgan fingerprint density at radius 1 is 1.38 bits per heavy atom. The summed E-state index contributed by atoms with van der Waals surface area (Å²) in [5.41, 5.74) is 0. The van der Waals surface area contributed by atoms with Crippen molar-refractivity contribution in [2.75, 3.05) is 0 Å². The highest BCUT2D eigenvalue weighted by Gasteiger charge is 2.14. The van der Waals surface area contributed by atoms with Gasteiger partial charge in [-0.05, 0) is 19.1 Å². The Hall–Kier alpha value is -0.800. The molecule has 1 rings (SSSR count). The van der Waals surface area contributed by atoms with Gasteiger partial charge in [0.25, 0.3) is 0 Å². The summed E-state index contributed by atoms with van der Waals surface area (Å²) in [6.45, 7) is 1.62. The van der Waals surface area contributed by atoms with Crippen molar-refractivity contribution in [3.63, 3.8) is 0 Å². The maximum atomic E-state index is 10.6. The van der Waals surface area contributed by atoms with Crippen LogP contribution >= 0.6 is 11.8 Å². The zero-order valence-corrected chi connectivity index (χ0v) is 8.20. The lowest BCUT2D eigenvalue weighted by Crippen LogP contribution is -2.20. The molecule has 70 valence electrons. The number of aldehydes is 1. The monoisotopic (exact) mass is 196 g/mol. The van der Waals surface area contributed by atoms with Crippen molar-refractivity contribution in [2.45, 2.75) is 23.2 Å². The van der Waals surface area contributed by atoms with Crippen LogP contribution in [0.5, 0.6) is 0 Å². The van der Waals surface area contributed by atoms with Crippen molar-refractivity contribution < 1.29 is 9.90 Å². The normalized spacial score (nSPS) is 14.9. The SMILES string of the molecule is C[C@H](O)[C@@H](C=O)Sc1ccccc1. The quantitative estimate of drug-likeness (QED) is 0.588. The molecule has 0 aliphatic heterocycles. The van der Waals surface area contributed by atoms with Crippen LogP contribution < -0.4 is 0 Å². The molecule has 0 spiro atoms. The first-order valence-corrected chi connectivity index (χ1v) is 4.97. The molecule has 2 nitrogen and oxygen atoms in total. The highest BCUT2D eigenvalue weighted by atomic mass is 32.2. The molecule has 0 aliphatic rings. The van der Waals surface area contributed by atoms with Gasteiger partial charge < -0.3 is 9.90 Å². The number of aliphatic hydroxyl groups is 1.